The number of piperidine rings is 1. The maximum Gasteiger partial charge on any atom is 0.253 e. The Balaban J connectivity index is 0.00000280. The van der Waals surface area contributed by atoms with Crippen molar-refractivity contribution in [3.8, 4) is 0 Å². The van der Waals surface area contributed by atoms with E-state index in [-0.39, 0.29) is 29.9 Å². The van der Waals surface area contributed by atoms with Crippen molar-refractivity contribution >= 4 is 35.8 Å². The molecule has 0 radical (unpaired) electrons. The van der Waals surface area contributed by atoms with Gasteiger partial charge in [0.2, 0.25) is 0 Å². The van der Waals surface area contributed by atoms with E-state index in [9.17, 15) is 4.79 Å². The first-order valence-electron chi connectivity index (χ1n) is 10.5. The zero-order valence-corrected chi connectivity index (χ0v) is 19.6. The SMILES string of the molecule is CCC1(CNC(=NC)NCc2ccc(C(=O)N3CCCCC3)cc2)CCC1.I. The molecular weight excluding hydrogens is 463 g/mol. The largest absolute Gasteiger partial charge is 0.356 e. The minimum atomic E-state index is 0. The number of halogens is 1. The molecule has 1 aromatic carbocycles. The third-order valence-electron chi connectivity index (χ3n) is 6.32. The minimum Gasteiger partial charge on any atom is -0.356 e. The van der Waals surface area contributed by atoms with Crippen LogP contribution < -0.4 is 10.6 Å². The number of hydrogen-bond acceptors (Lipinski definition) is 2. The molecule has 1 saturated heterocycles. The predicted octanol–water partition coefficient (Wildman–Crippen LogP) is 4.18. The molecule has 5 nitrogen and oxygen atoms in total. The van der Waals surface area contributed by atoms with Gasteiger partial charge in [0.1, 0.15) is 0 Å². The topological polar surface area (TPSA) is 56.7 Å². The Labute approximate surface area is 186 Å². The van der Waals surface area contributed by atoms with Crippen molar-refractivity contribution in [3.63, 3.8) is 0 Å². The second kappa shape index (κ2) is 11.0. The summed E-state index contributed by atoms with van der Waals surface area (Å²) in [5.41, 5.74) is 2.41. The number of carbonyl (C=O) groups is 1. The Kier molecular flexibility index (Phi) is 9.05. The Morgan fingerprint density at radius 2 is 1.75 bits per heavy atom. The average Bonchev–Trinajstić information content (AvgIpc) is 2.70. The molecule has 0 atom stereocenters. The molecule has 1 saturated carbocycles. The summed E-state index contributed by atoms with van der Waals surface area (Å²) in [5, 5.41) is 6.87. The number of likely N-dealkylation sites (tertiary alicyclic amines) is 1. The summed E-state index contributed by atoms with van der Waals surface area (Å²) < 4.78 is 0. The quantitative estimate of drug-likeness (QED) is 0.352. The van der Waals surface area contributed by atoms with E-state index in [0.717, 1.165) is 49.6 Å². The van der Waals surface area contributed by atoms with Crippen molar-refractivity contribution in [3.05, 3.63) is 35.4 Å². The zero-order valence-electron chi connectivity index (χ0n) is 17.3. The number of nitrogens with zero attached hydrogens (tertiary/aromatic N) is 2. The van der Waals surface area contributed by atoms with Gasteiger partial charge in [0.25, 0.3) is 5.91 Å². The second-order valence-electron chi connectivity index (χ2n) is 8.04. The fraction of sp³-hybridized carbons (Fsp3) is 0.636. The average molecular weight is 498 g/mol. The molecule has 6 heteroatoms. The Morgan fingerprint density at radius 1 is 1.07 bits per heavy atom. The molecule has 1 heterocycles. The van der Waals surface area contributed by atoms with Gasteiger partial charge in [-0.2, -0.15) is 0 Å². The molecule has 0 spiro atoms. The number of rotatable bonds is 6. The van der Waals surface area contributed by atoms with Crippen LogP contribution in [-0.4, -0.2) is 43.4 Å². The van der Waals surface area contributed by atoms with E-state index in [1.54, 1.807) is 0 Å². The lowest BCUT2D eigenvalue weighted by atomic mass is 9.67. The molecule has 2 N–H and O–H groups in total. The standard InChI is InChI=1S/C22H34N4O.HI/c1-3-22(12-7-13-22)17-25-21(23-2)24-16-18-8-10-19(11-9-18)20(27)26-14-5-4-6-15-26;/h8-11H,3-7,12-17H2,1-2H3,(H2,23,24,25);1H. The summed E-state index contributed by atoms with van der Waals surface area (Å²) in [5.74, 6) is 1.01. The molecule has 0 bridgehead atoms. The van der Waals surface area contributed by atoms with Crippen LogP contribution in [0.5, 0.6) is 0 Å². The van der Waals surface area contributed by atoms with Crippen LogP contribution in [0.4, 0.5) is 0 Å². The molecule has 156 valence electrons. The van der Waals surface area contributed by atoms with Crippen molar-refractivity contribution in [2.45, 2.75) is 58.4 Å². The molecule has 0 unspecified atom stereocenters. The lowest BCUT2D eigenvalue weighted by Crippen LogP contribution is -2.46. The predicted molar refractivity (Wildman–Crippen MR) is 126 cm³/mol. The highest BCUT2D eigenvalue weighted by Gasteiger charge is 2.34. The summed E-state index contributed by atoms with van der Waals surface area (Å²) in [6, 6.07) is 7.98. The monoisotopic (exact) mass is 498 g/mol. The first-order chi connectivity index (χ1) is 13.2. The van der Waals surface area contributed by atoms with Crippen LogP contribution >= 0.6 is 24.0 Å². The lowest BCUT2D eigenvalue weighted by molar-refractivity contribution is 0.0724. The number of hydrogen-bond donors (Lipinski definition) is 2. The van der Waals surface area contributed by atoms with Crippen molar-refractivity contribution in [2.75, 3.05) is 26.7 Å². The van der Waals surface area contributed by atoms with Crippen molar-refractivity contribution in [1.82, 2.24) is 15.5 Å². The number of carbonyl (C=O) groups excluding carboxylic acids is 1. The Hall–Kier alpha value is -1.31. The normalized spacial score (nSPS) is 18.6. The summed E-state index contributed by atoms with van der Waals surface area (Å²) in [6.07, 6.45) is 8.70. The molecule has 0 aromatic heterocycles. The molecular formula is C22H35IN4O. The van der Waals surface area contributed by atoms with E-state index < -0.39 is 0 Å². The third kappa shape index (κ3) is 5.84. The van der Waals surface area contributed by atoms with Crippen LogP contribution in [0.25, 0.3) is 0 Å². The van der Waals surface area contributed by atoms with E-state index in [0.29, 0.717) is 12.0 Å². The van der Waals surface area contributed by atoms with Crippen molar-refractivity contribution in [1.29, 1.82) is 0 Å². The molecule has 3 rings (SSSR count). The molecule has 1 aliphatic heterocycles. The minimum absolute atomic E-state index is 0. The smallest absolute Gasteiger partial charge is 0.253 e. The number of aliphatic imine (C=N–C) groups is 1. The number of benzene rings is 1. The van der Waals surface area contributed by atoms with Crippen molar-refractivity contribution < 1.29 is 4.79 Å². The zero-order chi connectivity index (χ0) is 19.1. The maximum absolute atomic E-state index is 12.5. The number of nitrogens with one attached hydrogen (secondary N) is 2. The number of amides is 1. The fourth-order valence-corrected chi connectivity index (χ4v) is 4.05. The number of guanidine groups is 1. The first-order valence-corrected chi connectivity index (χ1v) is 10.5. The second-order valence-corrected chi connectivity index (χ2v) is 8.04. The highest BCUT2D eigenvalue weighted by atomic mass is 127. The van der Waals surface area contributed by atoms with Crippen LogP contribution in [0, 0.1) is 5.41 Å². The van der Waals surface area contributed by atoms with Gasteiger partial charge in [-0.25, -0.2) is 0 Å². The van der Waals surface area contributed by atoms with E-state index in [2.05, 4.69) is 22.5 Å². The Morgan fingerprint density at radius 3 is 2.29 bits per heavy atom. The third-order valence-corrected chi connectivity index (χ3v) is 6.32. The molecule has 1 amide bonds. The molecule has 2 fully saturated rings. The lowest BCUT2D eigenvalue weighted by Gasteiger charge is -2.41. The summed E-state index contributed by atoms with van der Waals surface area (Å²) >= 11 is 0. The molecule has 1 aliphatic carbocycles. The first kappa shape index (κ1) is 23.0. The fourth-order valence-electron chi connectivity index (χ4n) is 4.05. The highest BCUT2D eigenvalue weighted by Crippen LogP contribution is 2.42. The molecule has 1 aromatic rings. The summed E-state index contributed by atoms with van der Waals surface area (Å²) in [4.78, 5) is 18.9. The van der Waals surface area contributed by atoms with Crippen LogP contribution in [0.2, 0.25) is 0 Å². The van der Waals surface area contributed by atoms with E-state index >= 15 is 0 Å². The van der Waals surface area contributed by atoms with Crippen LogP contribution in [0.1, 0.15) is 67.8 Å². The van der Waals surface area contributed by atoms with Gasteiger partial charge in [0.15, 0.2) is 5.96 Å². The Bertz CT molecular complexity index is 643. The van der Waals surface area contributed by atoms with Crippen LogP contribution in [0.3, 0.4) is 0 Å². The van der Waals surface area contributed by atoms with Crippen LogP contribution in [-0.2, 0) is 6.54 Å². The van der Waals surface area contributed by atoms with Gasteiger partial charge in [-0.3, -0.25) is 9.79 Å². The van der Waals surface area contributed by atoms with Gasteiger partial charge in [0, 0.05) is 38.8 Å². The summed E-state index contributed by atoms with van der Waals surface area (Å²) in [6.45, 7) is 5.76. The van der Waals surface area contributed by atoms with Gasteiger partial charge in [-0.15, -0.1) is 24.0 Å². The van der Waals surface area contributed by atoms with Gasteiger partial charge >= 0.3 is 0 Å². The van der Waals surface area contributed by atoms with E-state index in [1.807, 2.05) is 36.2 Å². The van der Waals surface area contributed by atoms with Gasteiger partial charge in [0.05, 0.1) is 0 Å². The summed E-state index contributed by atoms with van der Waals surface area (Å²) in [7, 11) is 1.81. The van der Waals surface area contributed by atoms with E-state index in [1.165, 1.54) is 32.1 Å². The van der Waals surface area contributed by atoms with Gasteiger partial charge in [-0.1, -0.05) is 25.5 Å². The van der Waals surface area contributed by atoms with Crippen LogP contribution in [0.15, 0.2) is 29.3 Å². The molecule has 28 heavy (non-hydrogen) atoms. The maximum atomic E-state index is 12.5. The van der Waals surface area contributed by atoms with Crippen molar-refractivity contribution in [2.24, 2.45) is 10.4 Å². The molecule has 2 aliphatic rings. The van der Waals surface area contributed by atoms with Gasteiger partial charge in [-0.05, 0) is 61.6 Å². The van der Waals surface area contributed by atoms with Gasteiger partial charge < -0.3 is 15.5 Å². The highest BCUT2D eigenvalue weighted by molar-refractivity contribution is 14.0. The van der Waals surface area contributed by atoms with E-state index in [4.69, 9.17) is 0 Å².